The van der Waals surface area contributed by atoms with Crippen LogP contribution in [0.4, 0.5) is 0 Å². The van der Waals surface area contributed by atoms with Crippen LogP contribution in [0.25, 0.3) is 17.3 Å². The van der Waals surface area contributed by atoms with Crippen molar-refractivity contribution in [2.24, 2.45) is 0 Å². The molecule has 0 saturated carbocycles. The van der Waals surface area contributed by atoms with Gasteiger partial charge in [-0.25, -0.2) is 4.98 Å². The number of benzene rings is 2. The van der Waals surface area contributed by atoms with Crippen molar-refractivity contribution < 1.29 is 9.53 Å². The number of aromatic nitrogens is 1. The lowest BCUT2D eigenvalue weighted by molar-refractivity contribution is 0.104. The van der Waals surface area contributed by atoms with Gasteiger partial charge in [-0.2, -0.15) is 0 Å². The Bertz CT molecular complexity index is 836. The van der Waals surface area contributed by atoms with Gasteiger partial charge in [0.25, 0.3) is 0 Å². The first-order chi connectivity index (χ1) is 11.8. The molecule has 120 valence electrons. The first-order valence-electron chi connectivity index (χ1n) is 7.72. The number of allylic oxidation sites excluding steroid dienone is 1. The van der Waals surface area contributed by atoms with Crippen LogP contribution in [-0.2, 0) is 0 Å². The Labute approximate surface area is 145 Å². The largest absolute Gasteiger partial charge is 0.494 e. The summed E-state index contributed by atoms with van der Waals surface area (Å²) in [6, 6.07) is 17.2. The van der Waals surface area contributed by atoms with Gasteiger partial charge in [-0.3, -0.25) is 4.79 Å². The van der Waals surface area contributed by atoms with E-state index >= 15 is 0 Å². The lowest BCUT2D eigenvalue weighted by Crippen LogP contribution is -1.95. The maximum Gasteiger partial charge on any atom is 0.185 e. The number of carbonyl (C=O) groups excluding carboxylic acids is 1. The molecule has 0 aliphatic rings. The van der Waals surface area contributed by atoms with E-state index in [2.05, 4.69) is 4.98 Å². The lowest BCUT2D eigenvalue weighted by atomic mass is 10.1. The molecule has 3 aromatic rings. The summed E-state index contributed by atoms with van der Waals surface area (Å²) < 4.78 is 5.38. The predicted octanol–water partition coefficient (Wildman–Crippen LogP) is 5.10. The van der Waals surface area contributed by atoms with Crippen molar-refractivity contribution in [1.29, 1.82) is 0 Å². The minimum atomic E-state index is -0.0468. The van der Waals surface area contributed by atoms with E-state index in [4.69, 9.17) is 4.74 Å². The van der Waals surface area contributed by atoms with Gasteiger partial charge in [0.15, 0.2) is 5.78 Å². The Balaban J connectivity index is 1.69. The number of ketones is 1. The second-order valence-electron chi connectivity index (χ2n) is 5.09. The number of carbonyl (C=O) groups is 1. The Morgan fingerprint density at radius 1 is 1.12 bits per heavy atom. The molecule has 0 radical (unpaired) electrons. The lowest BCUT2D eigenvalue weighted by Gasteiger charge is -2.02. The van der Waals surface area contributed by atoms with Gasteiger partial charge in [0, 0.05) is 16.5 Å². The molecule has 0 unspecified atom stereocenters. The van der Waals surface area contributed by atoms with Gasteiger partial charge in [-0.05, 0) is 43.3 Å². The SMILES string of the molecule is CCOc1ccc(C(=O)C=Cc2nc(-c3ccccc3)cs2)cc1. The number of hydrogen-bond acceptors (Lipinski definition) is 4. The van der Waals surface area contributed by atoms with Gasteiger partial charge in [0.1, 0.15) is 10.8 Å². The quantitative estimate of drug-likeness (QED) is 0.464. The smallest absolute Gasteiger partial charge is 0.185 e. The van der Waals surface area contributed by atoms with Crippen molar-refractivity contribution in [2.75, 3.05) is 6.61 Å². The third-order valence-corrected chi connectivity index (χ3v) is 4.23. The van der Waals surface area contributed by atoms with Crippen LogP contribution >= 0.6 is 11.3 Å². The zero-order valence-electron chi connectivity index (χ0n) is 13.3. The number of rotatable bonds is 6. The summed E-state index contributed by atoms with van der Waals surface area (Å²) in [6.07, 6.45) is 3.32. The average molecular weight is 335 g/mol. The highest BCUT2D eigenvalue weighted by molar-refractivity contribution is 7.10. The van der Waals surface area contributed by atoms with Crippen LogP contribution in [0, 0.1) is 0 Å². The van der Waals surface area contributed by atoms with Crippen molar-refractivity contribution in [3.05, 3.63) is 76.6 Å². The molecular weight excluding hydrogens is 318 g/mol. The molecule has 0 N–H and O–H groups in total. The summed E-state index contributed by atoms with van der Waals surface area (Å²) in [5.74, 6) is 0.722. The second-order valence-corrected chi connectivity index (χ2v) is 5.98. The van der Waals surface area contributed by atoms with Crippen molar-refractivity contribution in [3.63, 3.8) is 0 Å². The third kappa shape index (κ3) is 3.97. The van der Waals surface area contributed by atoms with E-state index in [1.165, 1.54) is 11.3 Å². The van der Waals surface area contributed by atoms with E-state index in [1.54, 1.807) is 24.3 Å². The fourth-order valence-corrected chi connectivity index (χ4v) is 2.95. The average Bonchev–Trinajstić information content (AvgIpc) is 3.10. The summed E-state index contributed by atoms with van der Waals surface area (Å²) in [5.41, 5.74) is 2.63. The van der Waals surface area contributed by atoms with E-state index in [0.717, 1.165) is 22.0 Å². The number of nitrogens with zero attached hydrogens (tertiary/aromatic N) is 1. The van der Waals surface area contributed by atoms with Crippen LogP contribution < -0.4 is 4.74 Å². The van der Waals surface area contributed by atoms with E-state index in [-0.39, 0.29) is 5.78 Å². The van der Waals surface area contributed by atoms with Crippen LogP contribution in [0.1, 0.15) is 22.3 Å². The van der Waals surface area contributed by atoms with Crippen molar-refractivity contribution in [3.8, 4) is 17.0 Å². The van der Waals surface area contributed by atoms with Crippen molar-refractivity contribution >= 4 is 23.2 Å². The molecule has 0 aliphatic heterocycles. The maximum absolute atomic E-state index is 12.2. The number of ether oxygens (including phenoxy) is 1. The monoisotopic (exact) mass is 335 g/mol. The molecule has 1 heterocycles. The van der Waals surface area contributed by atoms with Crippen LogP contribution in [0.2, 0.25) is 0 Å². The highest BCUT2D eigenvalue weighted by Crippen LogP contribution is 2.22. The van der Waals surface area contributed by atoms with Gasteiger partial charge in [-0.1, -0.05) is 30.3 Å². The summed E-state index contributed by atoms with van der Waals surface area (Å²) in [4.78, 5) is 16.8. The first kappa shape index (κ1) is 16.1. The summed E-state index contributed by atoms with van der Waals surface area (Å²) in [7, 11) is 0. The van der Waals surface area contributed by atoms with E-state index in [9.17, 15) is 4.79 Å². The molecule has 4 heteroatoms. The molecule has 2 aromatic carbocycles. The molecular formula is C20H17NO2S. The minimum absolute atomic E-state index is 0.0468. The summed E-state index contributed by atoms with van der Waals surface area (Å²) >= 11 is 1.52. The number of thiazole rings is 1. The van der Waals surface area contributed by atoms with Gasteiger partial charge in [-0.15, -0.1) is 11.3 Å². The predicted molar refractivity (Wildman–Crippen MR) is 98.5 cm³/mol. The summed E-state index contributed by atoms with van der Waals surface area (Å²) in [6.45, 7) is 2.54. The van der Waals surface area contributed by atoms with Crippen LogP contribution in [0.15, 0.2) is 66.1 Å². The Morgan fingerprint density at radius 2 is 1.88 bits per heavy atom. The standard InChI is InChI=1S/C20H17NO2S/c1-2-23-17-10-8-16(9-11-17)19(22)12-13-20-21-18(14-24-20)15-6-4-3-5-7-15/h3-14H,2H2,1H3. The molecule has 3 rings (SSSR count). The third-order valence-electron chi connectivity index (χ3n) is 3.42. The topological polar surface area (TPSA) is 39.2 Å². The van der Waals surface area contributed by atoms with Crippen LogP contribution in [0.5, 0.6) is 5.75 Å². The number of hydrogen-bond donors (Lipinski definition) is 0. The van der Waals surface area contributed by atoms with Crippen LogP contribution in [-0.4, -0.2) is 17.4 Å². The van der Waals surface area contributed by atoms with E-state index in [0.29, 0.717) is 12.2 Å². The zero-order chi connectivity index (χ0) is 16.8. The molecule has 0 bridgehead atoms. The molecule has 0 atom stereocenters. The molecule has 1 aromatic heterocycles. The molecule has 0 spiro atoms. The highest BCUT2D eigenvalue weighted by Gasteiger charge is 2.04. The molecule has 24 heavy (non-hydrogen) atoms. The van der Waals surface area contributed by atoms with E-state index in [1.807, 2.05) is 54.8 Å². The fraction of sp³-hybridized carbons (Fsp3) is 0.100. The molecule has 0 fully saturated rings. The normalized spacial score (nSPS) is 10.9. The van der Waals surface area contributed by atoms with E-state index < -0.39 is 0 Å². The van der Waals surface area contributed by atoms with Crippen LogP contribution in [0.3, 0.4) is 0 Å². The van der Waals surface area contributed by atoms with Gasteiger partial charge < -0.3 is 4.74 Å². The second kappa shape index (κ2) is 7.70. The van der Waals surface area contributed by atoms with Crippen molar-refractivity contribution in [2.45, 2.75) is 6.92 Å². The molecule has 3 nitrogen and oxygen atoms in total. The Morgan fingerprint density at radius 3 is 2.58 bits per heavy atom. The van der Waals surface area contributed by atoms with Gasteiger partial charge in [0.2, 0.25) is 0 Å². The fourth-order valence-electron chi connectivity index (χ4n) is 2.23. The zero-order valence-corrected chi connectivity index (χ0v) is 14.1. The van der Waals surface area contributed by atoms with Gasteiger partial charge >= 0.3 is 0 Å². The highest BCUT2D eigenvalue weighted by atomic mass is 32.1. The Hall–Kier alpha value is -2.72. The maximum atomic E-state index is 12.2. The Kier molecular flexibility index (Phi) is 5.18. The minimum Gasteiger partial charge on any atom is -0.494 e. The summed E-state index contributed by atoms with van der Waals surface area (Å²) in [5, 5.41) is 2.81. The molecule has 0 saturated heterocycles. The molecule has 0 aliphatic carbocycles. The molecule has 0 amide bonds. The van der Waals surface area contributed by atoms with Gasteiger partial charge in [0.05, 0.1) is 12.3 Å². The van der Waals surface area contributed by atoms with Crippen molar-refractivity contribution in [1.82, 2.24) is 4.98 Å². The first-order valence-corrected chi connectivity index (χ1v) is 8.60.